The van der Waals surface area contributed by atoms with Crippen molar-refractivity contribution in [2.75, 3.05) is 19.1 Å². The molecule has 1 N–H and O–H groups in total. The highest BCUT2D eigenvalue weighted by molar-refractivity contribution is 6.00. The molecule has 0 radical (unpaired) electrons. The Balaban J connectivity index is 1.87. The molecule has 0 saturated carbocycles. The van der Waals surface area contributed by atoms with Gasteiger partial charge in [0, 0.05) is 25.7 Å². The maximum absolute atomic E-state index is 11.6. The molecule has 0 aromatic heterocycles. The van der Waals surface area contributed by atoms with Crippen LogP contribution in [0.2, 0.25) is 0 Å². The van der Waals surface area contributed by atoms with Crippen molar-refractivity contribution < 1.29 is 19.1 Å². The van der Waals surface area contributed by atoms with Crippen molar-refractivity contribution in [3.8, 4) is 0 Å². The minimum atomic E-state index is -0.399. The molecule has 0 aliphatic carbocycles. The van der Waals surface area contributed by atoms with Gasteiger partial charge in [-0.3, -0.25) is 14.4 Å². The Morgan fingerprint density at radius 3 is 2.81 bits per heavy atom. The first-order valence-electron chi connectivity index (χ1n) is 6.73. The molecule has 1 aromatic rings. The first kappa shape index (κ1) is 15.0. The molecular formula is C15H18N2O4. The van der Waals surface area contributed by atoms with E-state index in [-0.39, 0.29) is 24.7 Å². The number of methoxy groups -OCH3 is 1. The summed E-state index contributed by atoms with van der Waals surface area (Å²) in [5, 5.41) is 2.75. The van der Waals surface area contributed by atoms with E-state index in [4.69, 9.17) is 0 Å². The van der Waals surface area contributed by atoms with Crippen molar-refractivity contribution in [3.05, 3.63) is 29.3 Å². The third-order valence-corrected chi connectivity index (χ3v) is 3.49. The summed E-state index contributed by atoms with van der Waals surface area (Å²) >= 11 is 0. The minimum absolute atomic E-state index is 0.0734. The van der Waals surface area contributed by atoms with Gasteiger partial charge in [-0.15, -0.1) is 0 Å². The van der Waals surface area contributed by atoms with Crippen molar-refractivity contribution in [1.29, 1.82) is 0 Å². The van der Waals surface area contributed by atoms with Gasteiger partial charge < -0.3 is 15.0 Å². The van der Waals surface area contributed by atoms with Gasteiger partial charge in [0.25, 0.3) is 0 Å². The standard InChI is InChI=1S/C15H18N2O4/c1-17-12-4-3-10(7-11(12)8-14(17)19)9-16-13(18)5-6-15(20)21-2/h3-4,7H,5-6,8-9H2,1-2H3,(H,16,18). The van der Waals surface area contributed by atoms with Crippen molar-refractivity contribution >= 4 is 23.5 Å². The van der Waals surface area contributed by atoms with Crippen LogP contribution in [0.15, 0.2) is 18.2 Å². The largest absolute Gasteiger partial charge is 0.469 e. The second-order valence-corrected chi connectivity index (χ2v) is 4.95. The molecule has 0 spiro atoms. The lowest BCUT2D eigenvalue weighted by molar-refractivity contribution is -0.142. The van der Waals surface area contributed by atoms with Gasteiger partial charge in [-0.2, -0.15) is 0 Å². The Labute approximate surface area is 123 Å². The number of nitrogens with zero attached hydrogens (tertiary/aromatic N) is 1. The molecule has 6 heteroatoms. The molecule has 0 atom stereocenters. The highest BCUT2D eigenvalue weighted by Gasteiger charge is 2.23. The molecule has 1 heterocycles. The zero-order valence-electron chi connectivity index (χ0n) is 12.1. The number of rotatable bonds is 5. The predicted octanol–water partition coefficient (Wildman–Crippen LogP) is 0.775. The number of ether oxygens (including phenoxy) is 1. The number of hydrogen-bond donors (Lipinski definition) is 1. The molecule has 2 rings (SSSR count). The summed E-state index contributed by atoms with van der Waals surface area (Å²) in [6.45, 7) is 0.380. The highest BCUT2D eigenvalue weighted by Crippen LogP contribution is 2.28. The summed E-state index contributed by atoms with van der Waals surface area (Å²) < 4.78 is 4.48. The maximum atomic E-state index is 11.6. The lowest BCUT2D eigenvalue weighted by Gasteiger charge is -2.11. The molecule has 0 unspecified atom stereocenters. The van der Waals surface area contributed by atoms with Crippen LogP contribution in [0.25, 0.3) is 0 Å². The molecule has 0 saturated heterocycles. The number of benzene rings is 1. The monoisotopic (exact) mass is 290 g/mol. The Morgan fingerprint density at radius 1 is 1.33 bits per heavy atom. The van der Waals surface area contributed by atoms with Gasteiger partial charge in [0.05, 0.1) is 20.0 Å². The normalized spacial score (nSPS) is 13.0. The number of anilines is 1. The summed E-state index contributed by atoms with van der Waals surface area (Å²) in [6, 6.07) is 5.70. The number of esters is 1. The van der Waals surface area contributed by atoms with Crippen molar-refractivity contribution in [2.45, 2.75) is 25.8 Å². The zero-order chi connectivity index (χ0) is 15.4. The topological polar surface area (TPSA) is 75.7 Å². The molecule has 0 bridgehead atoms. The molecule has 112 valence electrons. The quantitative estimate of drug-likeness (QED) is 0.813. The van der Waals surface area contributed by atoms with E-state index < -0.39 is 5.97 Å². The van der Waals surface area contributed by atoms with Gasteiger partial charge in [-0.05, 0) is 17.2 Å². The van der Waals surface area contributed by atoms with Crippen LogP contribution in [0, 0.1) is 0 Å². The summed E-state index contributed by atoms with van der Waals surface area (Å²) in [5.74, 6) is -0.525. The van der Waals surface area contributed by atoms with Gasteiger partial charge in [0.2, 0.25) is 11.8 Å². The molecule has 1 aromatic carbocycles. The van der Waals surface area contributed by atoms with Crippen LogP contribution in [-0.4, -0.2) is 31.9 Å². The summed E-state index contributed by atoms with van der Waals surface area (Å²) in [4.78, 5) is 35.8. The molecule has 6 nitrogen and oxygen atoms in total. The van der Waals surface area contributed by atoms with Crippen LogP contribution in [0.3, 0.4) is 0 Å². The molecule has 21 heavy (non-hydrogen) atoms. The fourth-order valence-electron chi connectivity index (χ4n) is 2.24. The summed E-state index contributed by atoms with van der Waals surface area (Å²) in [7, 11) is 3.05. The number of amides is 2. The maximum Gasteiger partial charge on any atom is 0.306 e. The number of carbonyl (C=O) groups excluding carboxylic acids is 3. The molecule has 2 amide bonds. The van der Waals surface area contributed by atoms with E-state index >= 15 is 0 Å². The third-order valence-electron chi connectivity index (χ3n) is 3.49. The predicted molar refractivity (Wildman–Crippen MR) is 76.7 cm³/mol. The van der Waals surface area contributed by atoms with Crippen LogP contribution in [0.5, 0.6) is 0 Å². The summed E-state index contributed by atoms with van der Waals surface area (Å²) in [5.41, 5.74) is 2.83. The second kappa shape index (κ2) is 6.39. The van der Waals surface area contributed by atoms with E-state index in [0.717, 1.165) is 16.8 Å². The van der Waals surface area contributed by atoms with Crippen molar-refractivity contribution in [3.63, 3.8) is 0 Å². The fraction of sp³-hybridized carbons (Fsp3) is 0.400. The Kier molecular flexibility index (Phi) is 4.57. The van der Waals surface area contributed by atoms with Crippen LogP contribution >= 0.6 is 0 Å². The van der Waals surface area contributed by atoms with Crippen LogP contribution in [0.4, 0.5) is 5.69 Å². The third kappa shape index (κ3) is 3.59. The van der Waals surface area contributed by atoms with E-state index in [1.807, 2.05) is 18.2 Å². The summed E-state index contributed by atoms with van der Waals surface area (Å²) in [6.07, 6.45) is 0.584. The smallest absolute Gasteiger partial charge is 0.306 e. The first-order valence-corrected chi connectivity index (χ1v) is 6.73. The van der Waals surface area contributed by atoms with E-state index in [1.54, 1.807) is 11.9 Å². The van der Waals surface area contributed by atoms with Gasteiger partial charge >= 0.3 is 5.97 Å². The average Bonchev–Trinajstić information content (AvgIpc) is 2.77. The Morgan fingerprint density at radius 2 is 2.10 bits per heavy atom. The van der Waals surface area contributed by atoms with E-state index in [1.165, 1.54) is 7.11 Å². The second-order valence-electron chi connectivity index (χ2n) is 4.95. The lowest BCUT2D eigenvalue weighted by Crippen LogP contribution is -2.23. The van der Waals surface area contributed by atoms with Crippen LogP contribution in [-0.2, 0) is 32.1 Å². The number of hydrogen-bond acceptors (Lipinski definition) is 4. The van der Waals surface area contributed by atoms with Crippen LogP contribution < -0.4 is 10.2 Å². The highest BCUT2D eigenvalue weighted by atomic mass is 16.5. The molecule has 1 aliphatic heterocycles. The number of likely N-dealkylation sites (N-methyl/N-ethyl adjacent to an activating group) is 1. The van der Waals surface area contributed by atoms with E-state index in [9.17, 15) is 14.4 Å². The van der Waals surface area contributed by atoms with Crippen molar-refractivity contribution in [2.24, 2.45) is 0 Å². The number of fused-ring (bicyclic) bond motifs is 1. The van der Waals surface area contributed by atoms with Gasteiger partial charge in [0.15, 0.2) is 0 Å². The van der Waals surface area contributed by atoms with E-state index in [2.05, 4.69) is 10.1 Å². The number of carbonyl (C=O) groups is 3. The van der Waals surface area contributed by atoms with Crippen molar-refractivity contribution in [1.82, 2.24) is 5.32 Å². The Bertz CT molecular complexity index is 583. The minimum Gasteiger partial charge on any atom is -0.469 e. The SMILES string of the molecule is COC(=O)CCC(=O)NCc1ccc2c(c1)CC(=O)N2C. The number of nitrogens with one attached hydrogen (secondary N) is 1. The van der Waals surface area contributed by atoms with E-state index in [0.29, 0.717) is 13.0 Å². The molecule has 1 aliphatic rings. The fourth-order valence-corrected chi connectivity index (χ4v) is 2.24. The van der Waals surface area contributed by atoms with Gasteiger partial charge in [-0.25, -0.2) is 0 Å². The first-order chi connectivity index (χ1) is 10.0. The zero-order valence-corrected chi connectivity index (χ0v) is 12.1. The van der Waals surface area contributed by atoms with Crippen LogP contribution in [0.1, 0.15) is 24.0 Å². The van der Waals surface area contributed by atoms with Gasteiger partial charge in [0.1, 0.15) is 0 Å². The average molecular weight is 290 g/mol. The lowest BCUT2D eigenvalue weighted by atomic mass is 10.1. The molecular weight excluding hydrogens is 272 g/mol. The van der Waals surface area contributed by atoms with Gasteiger partial charge in [-0.1, -0.05) is 12.1 Å². The Hall–Kier alpha value is -2.37. The molecule has 0 fully saturated rings.